The normalized spacial score (nSPS) is 12.6. The third-order valence-electron chi connectivity index (χ3n) is 4.90. The van der Waals surface area contributed by atoms with Gasteiger partial charge in [-0.25, -0.2) is 4.99 Å². The number of amidine groups is 1. The lowest BCUT2D eigenvalue weighted by Crippen LogP contribution is -2.19. The van der Waals surface area contributed by atoms with Gasteiger partial charge in [-0.3, -0.25) is 5.43 Å². The first-order valence-electron chi connectivity index (χ1n) is 10.4. The van der Waals surface area contributed by atoms with Gasteiger partial charge in [0.1, 0.15) is 11.5 Å². The van der Waals surface area contributed by atoms with Gasteiger partial charge >= 0.3 is 0 Å². The summed E-state index contributed by atoms with van der Waals surface area (Å²) in [4.78, 5) is 4.86. The molecule has 0 spiro atoms. The average molecular weight is 494 g/mol. The minimum Gasteiger partial charge on any atom is -0.497 e. The van der Waals surface area contributed by atoms with Crippen molar-refractivity contribution in [1.29, 1.82) is 0 Å². The van der Waals surface area contributed by atoms with E-state index >= 15 is 0 Å². The van der Waals surface area contributed by atoms with E-state index in [0.29, 0.717) is 30.5 Å². The zero-order valence-electron chi connectivity index (χ0n) is 18.2. The second-order valence-electron chi connectivity index (χ2n) is 6.95. The highest BCUT2D eigenvalue weighted by Gasteiger charge is 2.19. The first kappa shape index (κ1) is 21.9. The molecule has 0 unspecified atom stereocenters. The van der Waals surface area contributed by atoms with Crippen LogP contribution in [-0.2, 0) is 0 Å². The lowest BCUT2D eigenvalue weighted by molar-refractivity contribution is 0.287. The Morgan fingerprint density at radius 2 is 1.56 bits per heavy atom. The largest absolute Gasteiger partial charge is 0.497 e. The fourth-order valence-corrected chi connectivity index (χ4v) is 3.77. The quantitative estimate of drug-likeness (QED) is 0.459. The van der Waals surface area contributed by atoms with E-state index in [1.54, 1.807) is 7.11 Å². The van der Waals surface area contributed by atoms with E-state index in [9.17, 15) is 0 Å². The average Bonchev–Trinajstić information content (AvgIpc) is 3.00. The van der Waals surface area contributed by atoms with Gasteiger partial charge in [-0.05, 0) is 74.5 Å². The van der Waals surface area contributed by atoms with Crippen LogP contribution in [0.4, 0.5) is 5.69 Å². The molecule has 3 aromatic rings. The molecule has 0 radical (unpaired) electrons. The van der Waals surface area contributed by atoms with E-state index in [2.05, 4.69) is 21.4 Å². The van der Waals surface area contributed by atoms with Crippen LogP contribution in [0.25, 0.3) is 0 Å². The minimum atomic E-state index is 0.543. The molecule has 0 aromatic heterocycles. The Morgan fingerprint density at radius 3 is 2.28 bits per heavy atom. The Hall–Kier alpha value is -3.32. The summed E-state index contributed by atoms with van der Waals surface area (Å²) < 4.78 is 17.8. The number of rotatable bonds is 7. The van der Waals surface area contributed by atoms with Crippen LogP contribution in [0.15, 0.2) is 75.2 Å². The maximum Gasteiger partial charge on any atom is 0.161 e. The molecule has 0 saturated heterocycles. The van der Waals surface area contributed by atoms with Gasteiger partial charge in [0.15, 0.2) is 17.3 Å². The molecule has 1 N–H and O–H groups in total. The zero-order valence-corrected chi connectivity index (χ0v) is 19.8. The summed E-state index contributed by atoms with van der Waals surface area (Å²) in [5, 5.41) is 4.74. The van der Waals surface area contributed by atoms with Gasteiger partial charge in [-0.2, -0.15) is 5.10 Å². The van der Waals surface area contributed by atoms with E-state index < -0.39 is 0 Å². The molecular formula is C25H24BrN3O3. The van der Waals surface area contributed by atoms with Crippen LogP contribution in [0.2, 0.25) is 0 Å². The first-order valence-corrected chi connectivity index (χ1v) is 11.2. The number of nitrogens with one attached hydrogen (secondary N) is 1. The molecule has 0 fully saturated rings. The molecule has 1 heterocycles. The van der Waals surface area contributed by atoms with Crippen molar-refractivity contribution >= 4 is 33.2 Å². The lowest BCUT2D eigenvalue weighted by atomic mass is 10.0. The number of halogens is 1. The molecule has 1 aliphatic heterocycles. The van der Waals surface area contributed by atoms with Crippen LogP contribution < -0.4 is 19.6 Å². The maximum absolute atomic E-state index is 5.83. The van der Waals surface area contributed by atoms with Gasteiger partial charge in [-0.15, -0.1) is 0 Å². The van der Waals surface area contributed by atoms with Crippen molar-refractivity contribution in [1.82, 2.24) is 5.43 Å². The second-order valence-corrected chi connectivity index (χ2v) is 7.87. The number of benzene rings is 3. The van der Waals surface area contributed by atoms with Crippen molar-refractivity contribution in [2.24, 2.45) is 10.1 Å². The number of hydrogen-bond acceptors (Lipinski definition) is 6. The van der Waals surface area contributed by atoms with Gasteiger partial charge in [0.2, 0.25) is 0 Å². The number of hydrogen-bond donors (Lipinski definition) is 1. The molecule has 0 saturated carbocycles. The molecule has 6 nitrogen and oxygen atoms in total. The predicted molar refractivity (Wildman–Crippen MR) is 131 cm³/mol. The van der Waals surface area contributed by atoms with Crippen LogP contribution in [0.5, 0.6) is 17.2 Å². The smallest absolute Gasteiger partial charge is 0.161 e. The summed E-state index contributed by atoms with van der Waals surface area (Å²) in [5.41, 5.74) is 7.44. The van der Waals surface area contributed by atoms with Gasteiger partial charge in [-0.1, -0.05) is 15.9 Å². The Balaban J connectivity index is 1.80. The van der Waals surface area contributed by atoms with Gasteiger partial charge < -0.3 is 14.2 Å². The number of fused-ring (bicyclic) bond motifs is 1. The number of aliphatic imine (C=N–C) groups is 1. The van der Waals surface area contributed by atoms with E-state index in [-0.39, 0.29) is 0 Å². The van der Waals surface area contributed by atoms with Crippen LogP contribution in [0.1, 0.15) is 30.5 Å². The van der Waals surface area contributed by atoms with Crippen molar-refractivity contribution in [3.63, 3.8) is 0 Å². The standard InChI is InChI=1S/C25H24BrN3O3/c1-4-31-22-13-8-17(14-23(22)32-5-2)24-20-15-18(26)9-12-21(20)27-25(29-28-24)16-6-10-19(30-3)11-7-16/h6-15H,4-5H2,1-3H3,(H,27,29). The molecule has 0 bridgehead atoms. The molecule has 0 atom stereocenters. The van der Waals surface area contributed by atoms with Crippen molar-refractivity contribution in [2.75, 3.05) is 20.3 Å². The SMILES string of the molecule is CCOc1ccc(C2=NNC(c3ccc(OC)cc3)=Nc3ccc(Br)cc32)cc1OCC. The highest BCUT2D eigenvalue weighted by atomic mass is 79.9. The van der Waals surface area contributed by atoms with Crippen LogP contribution in [0, 0.1) is 0 Å². The highest BCUT2D eigenvalue weighted by molar-refractivity contribution is 9.10. The first-order chi connectivity index (χ1) is 15.6. The molecule has 3 aromatic carbocycles. The summed E-state index contributed by atoms with van der Waals surface area (Å²) >= 11 is 3.58. The van der Waals surface area contributed by atoms with Crippen LogP contribution in [0.3, 0.4) is 0 Å². The molecule has 32 heavy (non-hydrogen) atoms. The molecule has 0 amide bonds. The van der Waals surface area contributed by atoms with Crippen molar-refractivity contribution in [3.8, 4) is 17.2 Å². The number of ether oxygens (including phenoxy) is 3. The summed E-state index contributed by atoms with van der Waals surface area (Å²) in [5.74, 6) is 2.84. The Labute approximate surface area is 196 Å². The molecule has 1 aliphatic rings. The van der Waals surface area contributed by atoms with Crippen LogP contribution in [-0.4, -0.2) is 31.9 Å². The summed E-state index contributed by atoms with van der Waals surface area (Å²) in [6, 6.07) is 19.5. The van der Waals surface area contributed by atoms with E-state index in [0.717, 1.165) is 38.3 Å². The fourth-order valence-electron chi connectivity index (χ4n) is 3.41. The van der Waals surface area contributed by atoms with E-state index in [1.807, 2.05) is 74.5 Å². The van der Waals surface area contributed by atoms with Crippen molar-refractivity contribution in [3.05, 3.63) is 81.8 Å². The summed E-state index contributed by atoms with van der Waals surface area (Å²) in [6.07, 6.45) is 0. The maximum atomic E-state index is 5.83. The Bertz CT molecular complexity index is 1170. The third kappa shape index (κ3) is 4.62. The molecule has 164 valence electrons. The molecule has 4 rings (SSSR count). The number of nitrogens with zero attached hydrogens (tertiary/aromatic N) is 2. The van der Waals surface area contributed by atoms with Crippen molar-refractivity contribution < 1.29 is 14.2 Å². The minimum absolute atomic E-state index is 0.543. The summed E-state index contributed by atoms with van der Waals surface area (Å²) in [7, 11) is 1.65. The topological polar surface area (TPSA) is 64.4 Å². The number of methoxy groups -OCH3 is 1. The van der Waals surface area contributed by atoms with E-state index in [4.69, 9.17) is 24.3 Å². The summed E-state index contributed by atoms with van der Waals surface area (Å²) in [6.45, 7) is 5.02. The monoisotopic (exact) mass is 493 g/mol. The van der Waals surface area contributed by atoms with Crippen molar-refractivity contribution in [2.45, 2.75) is 13.8 Å². The number of hydrazone groups is 1. The predicted octanol–water partition coefficient (Wildman–Crippen LogP) is 5.69. The third-order valence-corrected chi connectivity index (χ3v) is 5.39. The zero-order chi connectivity index (χ0) is 22.5. The molecule has 7 heteroatoms. The second kappa shape index (κ2) is 9.87. The highest BCUT2D eigenvalue weighted by Crippen LogP contribution is 2.33. The Kier molecular flexibility index (Phi) is 6.75. The molecular weight excluding hydrogens is 470 g/mol. The van der Waals surface area contributed by atoms with E-state index in [1.165, 1.54) is 0 Å². The lowest BCUT2D eigenvalue weighted by Gasteiger charge is -2.14. The van der Waals surface area contributed by atoms with Gasteiger partial charge in [0, 0.05) is 21.2 Å². The Morgan fingerprint density at radius 1 is 0.844 bits per heavy atom. The van der Waals surface area contributed by atoms with Gasteiger partial charge in [0.05, 0.1) is 26.0 Å². The van der Waals surface area contributed by atoms with Crippen LogP contribution >= 0.6 is 15.9 Å². The van der Waals surface area contributed by atoms with Gasteiger partial charge in [0.25, 0.3) is 0 Å². The fraction of sp³-hybridized carbons (Fsp3) is 0.200. The molecule has 0 aliphatic carbocycles.